The van der Waals surface area contributed by atoms with Crippen molar-refractivity contribution in [3.63, 3.8) is 0 Å². The van der Waals surface area contributed by atoms with Gasteiger partial charge in [0.15, 0.2) is 5.76 Å². The van der Waals surface area contributed by atoms with E-state index in [4.69, 9.17) is 5.11 Å². The van der Waals surface area contributed by atoms with E-state index in [0.29, 0.717) is 0 Å². The Balaban J connectivity index is 3.13. The molecule has 0 fully saturated rings. The van der Waals surface area contributed by atoms with Crippen molar-refractivity contribution in [3.05, 3.63) is 23.7 Å². The van der Waals surface area contributed by atoms with Gasteiger partial charge in [0, 0.05) is 0 Å². The number of carbonyl (C=O) groups is 1. The molecule has 5 heteroatoms. The van der Waals surface area contributed by atoms with Crippen LogP contribution in [0.1, 0.15) is 11.3 Å². The zero-order valence-electron chi connectivity index (χ0n) is 6.17. The van der Waals surface area contributed by atoms with Crippen molar-refractivity contribution in [2.45, 2.75) is 12.8 Å². The van der Waals surface area contributed by atoms with Crippen molar-refractivity contribution in [3.8, 4) is 0 Å². The molecule has 1 aromatic rings. The van der Waals surface area contributed by atoms with Crippen LogP contribution < -0.4 is 0 Å². The predicted octanol–water partition coefficient (Wildman–Crippen LogP) is 1.76. The Kier molecular flexibility index (Phi) is 1.87. The second-order valence-electron chi connectivity index (χ2n) is 2.31. The van der Waals surface area contributed by atoms with Crippen LogP contribution in [0.3, 0.4) is 0 Å². The number of aryl methyl sites for hydroxylation is 1. The number of carboxylic acid groups (broad SMARTS) is 1. The van der Waals surface area contributed by atoms with Crippen molar-refractivity contribution in [1.29, 1.82) is 0 Å². The van der Waals surface area contributed by atoms with Gasteiger partial charge in [0.05, 0.1) is 6.26 Å². The fourth-order valence-electron chi connectivity index (χ4n) is 0.792. The predicted molar refractivity (Wildman–Crippen MR) is 35.0 cm³/mol. The molecule has 0 aliphatic rings. The Morgan fingerprint density at radius 1 is 1.67 bits per heavy atom. The maximum atomic E-state index is 12.7. The number of rotatable bonds is 2. The third-order valence-corrected chi connectivity index (χ3v) is 1.42. The van der Waals surface area contributed by atoms with Crippen LogP contribution in [0.2, 0.25) is 0 Å². The van der Waals surface area contributed by atoms with Crippen molar-refractivity contribution < 1.29 is 23.1 Å². The average molecular weight is 176 g/mol. The summed E-state index contributed by atoms with van der Waals surface area (Å²) in [5.41, 5.74) is 0.127. The normalized spacial score (nSPS) is 11.6. The van der Waals surface area contributed by atoms with Gasteiger partial charge in [0.25, 0.3) is 0 Å². The lowest BCUT2D eigenvalue weighted by atomic mass is 10.2. The summed E-state index contributed by atoms with van der Waals surface area (Å²) in [7, 11) is 0. The molecule has 0 radical (unpaired) electrons. The molecule has 0 amide bonds. The Morgan fingerprint density at radius 3 is 2.58 bits per heavy atom. The molecule has 0 saturated carbocycles. The van der Waals surface area contributed by atoms with Gasteiger partial charge < -0.3 is 9.52 Å². The van der Waals surface area contributed by atoms with Gasteiger partial charge in [0.1, 0.15) is 0 Å². The van der Waals surface area contributed by atoms with Crippen molar-refractivity contribution in [2.75, 3.05) is 0 Å². The number of carboxylic acids is 1. The zero-order chi connectivity index (χ0) is 9.35. The van der Waals surface area contributed by atoms with Gasteiger partial charge in [-0.25, -0.2) is 4.79 Å². The molecule has 0 aromatic carbocycles. The van der Waals surface area contributed by atoms with Crippen LogP contribution in [-0.4, -0.2) is 11.1 Å². The first-order valence-electron chi connectivity index (χ1n) is 3.12. The van der Waals surface area contributed by atoms with Gasteiger partial charge >= 0.3 is 11.9 Å². The number of furan rings is 1. The SMILES string of the molecule is Cc1ccoc1C(F)(F)C(=O)O. The molecule has 0 aliphatic heterocycles. The second kappa shape index (κ2) is 2.58. The summed E-state index contributed by atoms with van der Waals surface area (Å²) in [5, 5.41) is 8.13. The summed E-state index contributed by atoms with van der Waals surface area (Å²) in [5.74, 6) is -6.95. The van der Waals surface area contributed by atoms with Gasteiger partial charge in [-0.3, -0.25) is 0 Å². The largest absolute Gasteiger partial charge is 0.476 e. The maximum Gasteiger partial charge on any atom is 0.399 e. The molecular weight excluding hydrogens is 170 g/mol. The smallest absolute Gasteiger partial charge is 0.399 e. The molecule has 0 aliphatic carbocycles. The summed E-state index contributed by atoms with van der Waals surface area (Å²) in [6, 6.07) is 1.28. The number of alkyl halides is 2. The van der Waals surface area contributed by atoms with Crippen LogP contribution in [0.5, 0.6) is 0 Å². The molecule has 1 aromatic heterocycles. The van der Waals surface area contributed by atoms with Gasteiger partial charge in [-0.1, -0.05) is 0 Å². The Bertz CT molecular complexity index is 303. The Morgan fingerprint density at radius 2 is 2.25 bits per heavy atom. The van der Waals surface area contributed by atoms with E-state index >= 15 is 0 Å². The van der Waals surface area contributed by atoms with Crippen LogP contribution in [0.15, 0.2) is 16.7 Å². The average Bonchev–Trinajstić information content (AvgIpc) is 2.35. The maximum absolute atomic E-state index is 12.7. The molecule has 1 N–H and O–H groups in total. The topological polar surface area (TPSA) is 50.4 Å². The molecule has 0 bridgehead atoms. The molecule has 12 heavy (non-hydrogen) atoms. The molecule has 3 nitrogen and oxygen atoms in total. The first kappa shape index (κ1) is 8.70. The molecule has 0 atom stereocenters. The molecule has 1 heterocycles. The van der Waals surface area contributed by atoms with E-state index in [1.807, 2.05) is 0 Å². The van der Waals surface area contributed by atoms with Crippen molar-refractivity contribution >= 4 is 5.97 Å². The van der Waals surface area contributed by atoms with E-state index in [1.165, 1.54) is 13.0 Å². The van der Waals surface area contributed by atoms with E-state index in [2.05, 4.69) is 4.42 Å². The number of aliphatic carboxylic acids is 1. The molecule has 0 saturated heterocycles. The first-order chi connectivity index (χ1) is 5.46. The second-order valence-corrected chi connectivity index (χ2v) is 2.31. The fourth-order valence-corrected chi connectivity index (χ4v) is 0.792. The third-order valence-electron chi connectivity index (χ3n) is 1.42. The van der Waals surface area contributed by atoms with E-state index in [9.17, 15) is 13.6 Å². The fraction of sp³-hybridized carbons (Fsp3) is 0.286. The highest BCUT2D eigenvalue weighted by molar-refractivity contribution is 5.76. The monoisotopic (exact) mass is 176 g/mol. The first-order valence-corrected chi connectivity index (χ1v) is 3.12. The van der Waals surface area contributed by atoms with E-state index in [1.54, 1.807) is 0 Å². The number of hydrogen-bond donors (Lipinski definition) is 1. The van der Waals surface area contributed by atoms with Gasteiger partial charge in [-0.15, -0.1) is 0 Å². The quantitative estimate of drug-likeness (QED) is 0.746. The van der Waals surface area contributed by atoms with Crippen molar-refractivity contribution in [2.24, 2.45) is 0 Å². The summed E-state index contributed by atoms with van der Waals surface area (Å²) in [4.78, 5) is 10.1. The molecule has 1 rings (SSSR count). The standard InChI is InChI=1S/C7H6F2O3/c1-4-2-3-12-5(4)7(8,9)6(10)11/h2-3H,1H3,(H,10,11). The van der Waals surface area contributed by atoms with Crippen LogP contribution >= 0.6 is 0 Å². The summed E-state index contributed by atoms with van der Waals surface area (Å²) < 4.78 is 29.7. The summed E-state index contributed by atoms with van der Waals surface area (Å²) >= 11 is 0. The minimum Gasteiger partial charge on any atom is -0.476 e. The lowest BCUT2D eigenvalue weighted by Crippen LogP contribution is -2.25. The summed E-state index contributed by atoms with van der Waals surface area (Å²) in [6.07, 6.45) is 1.03. The Labute approximate surface area is 66.6 Å². The number of halogens is 2. The Hall–Kier alpha value is -1.39. The lowest BCUT2D eigenvalue weighted by molar-refractivity contribution is -0.169. The van der Waals surface area contributed by atoms with Crippen LogP contribution in [0.4, 0.5) is 8.78 Å². The third kappa shape index (κ3) is 1.17. The summed E-state index contributed by atoms with van der Waals surface area (Å²) in [6.45, 7) is 1.36. The highest BCUT2D eigenvalue weighted by Crippen LogP contribution is 2.30. The highest BCUT2D eigenvalue weighted by Gasteiger charge is 2.45. The van der Waals surface area contributed by atoms with Crippen LogP contribution in [0, 0.1) is 6.92 Å². The van der Waals surface area contributed by atoms with Gasteiger partial charge in [0.2, 0.25) is 0 Å². The molecule has 66 valence electrons. The zero-order valence-corrected chi connectivity index (χ0v) is 6.17. The lowest BCUT2D eigenvalue weighted by Gasteiger charge is -2.07. The van der Waals surface area contributed by atoms with Crippen LogP contribution in [0.25, 0.3) is 0 Å². The highest BCUT2D eigenvalue weighted by atomic mass is 19.3. The van der Waals surface area contributed by atoms with Gasteiger partial charge in [-0.05, 0) is 18.6 Å². The minimum absolute atomic E-state index is 0.127. The van der Waals surface area contributed by atoms with E-state index in [-0.39, 0.29) is 5.56 Å². The molecule has 0 unspecified atom stereocenters. The van der Waals surface area contributed by atoms with Gasteiger partial charge in [-0.2, -0.15) is 8.78 Å². The van der Waals surface area contributed by atoms with E-state index in [0.717, 1.165) is 6.26 Å². The number of hydrogen-bond acceptors (Lipinski definition) is 2. The molecule has 0 spiro atoms. The van der Waals surface area contributed by atoms with E-state index < -0.39 is 17.7 Å². The minimum atomic E-state index is -3.94. The van der Waals surface area contributed by atoms with Crippen LogP contribution in [-0.2, 0) is 10.7 Å². The molecular formula is C7H6F2O3. The van der Waals surface area contributed by atoms with Crippen molar-refractivity contribution in [1.82, 2.24) is 0 Å².